The topological polar surface area (TPSA) is 68.7 Å². The van der Waals surface area contributed by atoms with E-state index >= 15 is 0 Å². The molecule has 0 atom stereocenters. The standard InChI is InChI=1S/C20H19N3O/c21-12-15-8-10-16(11-9-15)13-23-20(24)7-3-4-17-14-22-19-6-2-1-5-18(17)19/h1-2,5-6,8-11,14,22H,3-4,7,13H2,(H,23,24). The molecule has 0 fully saturated rings. The zero-order chi connectivity index (χ0) is 16.8. The van der Waals surface area contributed by atoms with Crippen LogP contribution in [0.25, 0.3) is 10.9 Å². The van der Waals surface area contributed by atoms with Gasteiger partial charge >= 0.3 is 0 Å². The van der Waals surface area contributed by atoms with E-state index in [-0.39, 0.29) is 5.91 Å². The molecule has 4 heteroatoms. The van der Waals surface area contributed by atoms with Crippen molar-refractivity contribution in [3.8, 4) is 6.07 Å². The van der Waals surface area contributed by atoms with Gasteiger partial charge in [0.25, 0.3) is 0 Å². The number of hydrogen-bond acceptors (Lipinski definition) is 2. The van der Waals surface area contributed by atoms with E-state index in [1.165, 1.54) is 10.9 Å². The van der Waals surface area contributed by atoms with Crippen LogP contribution in [0, 0.1) is 11.3 Å². The van der Waals surface area contributed by atoms with E-state index < -0.39 is 0 Å². The van der Waals surface area contributed by atoms with Gasteiger partial charge in [0.2, 0.25) is 5.91 Å². The molecule has 1 amide bonds. The van der Waals surface area contributed by atoms with Crippen LogP contribution in [0.5, 0.6) is 0 Å². The fourth-order valence-electron chi connectivity index (χ4n) is 2.76. The summed E-state index contributed by atoms with van der Waals surface area (Å²) in [5.74, 6) is 0.0548. The summed E-state index contributed by atoms with van der Waals surface area (Å²) in [6.07, 6.45) is 4.24. The summed E-state index contributed by atoms with van der Waals surface area (Å²) < 4.78 is 0. The van der Waals surface area contributed by atoms with Crippen molar-refractivity contribution in [1.82, 2.24) is 10.3 Å². The molecule has 3 aromatic rings. The Kier molecular flexibility index (Phi) is 4.93. The Morgan fingerprint density at radius 2 is 1.92 bits per heavy atom. The molecule has 0 aliphatic carbocycles. The van der Waals surface area contributed by atoms with E-state index in [0.717, 1.165) is 23.9 Å². The lowest BCUT2D eigenvalue weighted by Gasteiger charge is -2.05. The van der Waals surface area contributed by atoms with Gasteiger partial charge in [-0.2, -0.15) is 5.26 Å². The number of carbonyl (C=O) groups is 1. The van der Waals surface area contributed by atoms with Gasteiger partial charge in [-0.25, -0.2) is 0 Å². The Hall–Kier alpha value is -3.06. The second kappa shape index (κ2) is 7.47. The lowest BCUT2D eigenvalue weighted by molar-refractivity contribution is -0.121. The van der Waals surface area contributed by atoms with Crippen LogP contribution in [-0.2, 0) is 17.8 Å². The molecule has 0 saturated carbocycles. The van der Waals surface area contributed by atoms with Gasteiger partial charge in [-0.15, -0.1) is 0 Å². The van der Waals surface area contributed by atoms with Crippen LogP contribution < -0.4 is 5.32 Å². The highest BCUT2D eigenvalue weighted by molar-refractivity contribution is 5.83. The lowest BCUT2D eigenvalue weighted by Crippen LogP contribution is -2.22. The Bertz CT molecular complexity index is 872. The van der Waals surface area contributed by atoms with E-state index in [1.54, 1.807) is 12.1 Å². The number of hydrogen-bond donors (Lipinski definition) is 2. The minimum absolute atomic E-state index is 0.0548. The van der Waals surface area contributed by atoms with Gasteiger partial charge in [0.05, 0.1) is 11.6 Å². The molecular weight excluding hydrogens is 298 g/mol. The van der Waals surface area contributed by atoms with E-state index in [2.05, 4.69) is 28.5 Å². The first-order chi connectivity index (χ1) is 11.8. The van der Waals surface area contributed by atoms with Crippen LogP contribution in [-0.4, -0.2) is 10.9 Å². The number of nitriles is 1. The number of aromatic amines is 1. The number of H-pyrrole nitrogens is 1. The highest BCUT2D eigenvalue weighted by Gasteiger charge is 2.05. The lowest BCUT2D eigenvalue weighted by atomic mass is 10.1. The van der Waals surface area contributed by atoms with E-state index in [4.69, 9.17) is 5.26 Å². The minimum atomic E-state index is 0.0548. The number of rotatable bonds is 6. The Morgan fingerprint density at radius 3 is 2.71 bits per heavy atom. The summed E-state index contributed by atoms with van der Waals surface area (Å²) in [5, 5.41) is 12.9. The predicted octanol–water partition coefficient (Wildman–Crippen LogP) is 3.68. The summed E-state index contributed by atoms with van der Waals surface area (Å²) >= 11 is 0. The van der Waals surface area contributed by atoms with Crippen molar-refractivity contribution in [3.05, 3.63) is 71.4 Å². The molecular formula is C20H19N3O. The monoisotopic (exact) mass is 317 g/mol. The molecule has 0 aliphatic heterocycles. The Morgan fingerprint density at radius 1 is 1.12 bits per heavy atom. The number of nitrogens with zero attached hydrogens (tertiary/aromatic N) is 1. The zero-order valence-corrected chi connectivity index (χ0v) is 13.4. The summed E-state index contributed by atoms with van der Waals surface area (Å²) in [4.78, 5) is 15.2. The number of benzene rings is 2. The normalized spacial score (nSPS) is 10.5. The summed E-state index contributed by atoms with van der Waals surface area (Å²) in [7, 11) is 0. The largest absolute Gasteiger partial charge is 0.361 e. The SMILES string of the molecule is N#Cc1ccc(CNC(=O)CCCc2c[nH]c3ccccc23)cc1. The molecule has 0 unspecified atom stereocenters. The molecule has 2 N–H and O–H groups in total. The maximum absolute atomic E-state index is 12.0. The van der Waals surface area contributed by atoms with Crippen molar-refractivity contribution in [3.63, 3.8) is 0 Å². The van der Waals surface area contributed by atoms with Gasteiger partial charge in [-0.1, -0.05) is 30.3 Å². The highest BCUT2D eigenvalue weighted by atomic mass is 16.1. The number of aryl methyl sites for hydroxylation is 1. The first-order valence-corrected chi connectivity index (χ1v) is 8.07. The Labute approximate surface area is 141 Å². The predicted molar refractivity (Wildman–Crippen MR) is 94.2 cm³/mol. The minimum Gasteiger partial charge on any atom is -0.361 e. The maximum Gasteiger partial charge on any atom is 0.220 e. The second-order valence-corrected chi connectivity index (χ2v) is 5.80. The third kappa shape index (κ3) is 3.82. The van der Waals surface area contributed by atoms with Crippen molar-refractivity contribution in [2.24, 2.45) is 0 Å². The maximum atomic E-state index is 12.0. The third-order valence-corrected chi connectivity index (χ3v) is 4.10. The number of amides is 1. The van der Waals surface area contributed by atoms with Gasteiger partial charge in [0.15, 0.2) is 0 Å². The van der Waals surface area contributed by atoms with E-state index in [1.807, 2.05) is 30.5 Å². The van der Waals surface area contributed by atoms with Crippen molar-refractivity contribution in [2.75, 3.05) is 0 Å². The number of fused-ring (bicyclic) bond motifs is 1. The smallest absolute Gasteiger partial charge is 0.220 e. The van der Waals surface area contributed by atoms with Crippen molar-refractivity contribution < 1.29 is 4.79 Å². The number of para-hydroxylation sites is 1. The van der Waals surface area contributed by atoms with Crippen LogP contribution in [0.2, 0.25) is 0 Å². The molecule has 120 valence electrons. The second-order valence-electron chi connectivity index (χ2n) is 5.80. The van der Waals surface area contributed by atoms with E-state index in [9.17, 15) is 4.79 Å². The first-order valence-electron chi connectivity index (χ1n) is 8.07. The molecule has 3 rings (SSSR count). The van der Waals surface area contributed by atoms with Crippen LogP contribution in [0.3, 0.4) is 0 Å². The van der Waals surface area contributed by atoms with Crippen LogP contribution in [0.15, 0.2) is 54.7 Å². The molecule has 0 radical (unpaired) electrons. The van der Waals surface area contributed by atoms with Gasteiger partial charge < -0.3 is 10.3 Å². The summed E-state index contributed by atoms with van der Waals surface area (Å²) in [6, 6.07) is 17.5. The molecule has 0 aliphatic rings. The van der Waals surface area contributed by atoms with Crippen molar-refractivity contribution in [2.45, 2.75) is 25.8 Å². The average Bonchev–Trinajstić information content (AvgIpc) is 3.04. The van der Waals surface area contributed by atoms with Crippen molar-refractivity contribution >= 4 is 16.8 Å². The number of nitrogens with one attached hydrogen (secondary N) is 2. The fraction of sp³-hybridized carbons (Fsp3) is 0.200. The molecule has 2 aromatic carbocycles. The van der Waals surface area contributed by atoms with Gasteiger partial charge in [-0.05, 0) is 42.2 Å². The van der Waals surface area contributed by atoms with Gasteiger partial charge in [0.1, 0.15) is 0 Å². The average molecular weight is 317 g/mol. The zero-order valence-electron chi connectivity index (χ0n) is 13.4. The summed E-state index contributed by atoms with van der Waals surface area (Å²) in [5.41, 5.74) is 4.02. The molecule has 1 aromatic heterocycles. The van der Waals surface area contributed by atoms with Crippen LogP contribution in [0.1, 0.15) is 29.5 Å². The molecule has 0 bridgehead atoms. The molecule has 4 nitrogen and oxygen atoms in total. The number of carbonyl (C=O) groups excluding carboxylic acids is 1. The summed E-state index contributed by atoms with van der Waals surface area (Å²) in [6.45, 7) is 0.498. The van der Waals surface area contributed by atoms with Crippen LogP contribution in [0.4, 0.5) is 0 Å². The van der Waals surface area contributed by atoms with Gasteiger partial charge in [0, 0.05) is 30.1 Å². The van der Waals surface area contributed by atoms with Crippen molar-refractivity contribution in [1.29, 1.82) is 5.26 Å². The van der Waals surface area contributed by atoms with Crippen LogP contribution >= 0.6 is 0 Å². The molecule has 1 heterocycles. The highest BCUT2D eigenvalue weighted by Crippen LogP contribution is 2.19. The molecule has 0 saturated heterocycles. The fourth-order valence-corrected chi connectivity index (χ4v) is 2.76. The van der Waals surface area contributed by atoms with Gasteiger partial charge in [-0.3, -0.25) is 4.79 Å². The molecule has 24 heavy (non-hydrogen) atoms. The van der Waals surface area contributed by atoms with E-state index in [0.29, 0.717) is 18.5 Å². The first kappa shape index (κ1) is 15.8. The third-order valence-electron chi connectivity index (χ3n) is 4.10. The Balaban J connectivity index is 1.45. The number of aromatic nitrogens is 1. The quantitative estimate of drug-likeness (QED) is 0.728. The molecule has 0 spiro atoms.